The molecule has 1 saturated heterocycles. The maximum Gasteiger partial charge on any atom is 0.239 e. The van der Waals surface area contributed by atoms with Crippen LogP contribution in [0.3, 0.4) is 0 Å². The molecular weight excluding hydrogens is 196 g/mol. The maximum absolute atomic E-state index is 11.4. The normalized spacial score (nSPS) is 24.3. The van der Waals surface area contributed by atoms with Crippen LogP contribution in [0.2, 0.25) is 0 Å². The summed E-state index contributed by atoms with van der Waals surface area (Å²) in [5, 5.41) is 3.74. The van der Waals surface area contributed by atoms with Crippen molar-refractivity contribution in [1.82, 2.24) is 5.32 Å². The number of rotatable bonds is 5. The van der Waals surface area contributed by atoms with Crippen molar-refractivity contribution in [2.75, 3.05) is 6.54 Å². The van der Waals surface area contributed by atoms with Crippen molar-refractivity contribution in [3.05, 3.63) is 0 Å². The van der Waals surface area contributed by atoms with Crippen molar-refractivity contribution in [3.8, 4) is 0 Å². The summed E-state index contributed by atoms with van der Waals surface area (Å²) < 4.78 is 0. The molecule has 80 valence electrons. The van der Waals surface area contributed by atoms with Crippen LogP contribution in [0, 0.1) is 0 Å². The molecule has 1 atom stereocenters. The molecule has 1 unspecified atom stereocenters. The number of nitrogens with zero attached hydrogens (tertiary/aromatic N) is 1. The summed E-state index contributed by atoms with van der Waals surface area (Å²) in [5.74, 6) is 0.132. The smallest absolute Gasteiger partial charge is 0.239 e. The van der Waals surface area contributed by atoms with Crippen molar-refractivity contribution < 1.29 is 4.79 Å². The second-order valence-corrected chi connectivity index (χ2v) is 4.62. The first kappa shape index (κ1) is 11.6. The van der Waals surface area contributed by atoms with Crippen molar-refractivity contribution in [2.24, 2.45) is 4.99 Å². The third-order valence-electron chi connectivity index (χ3n) is 2.09. The van der Waals surface area contributed by atoms with Crippen LogP contribution in [-0.2, 0) is 4.79 Å². The molecule has 0 bridgehead atoms. The lowest BCUT2D eigenvalue weighted by atomic mass is 10.2. The standard InChI is InChI=1S/C10H18N2OS/c1-3-5-7-11-10-12-9(13)8(14-10)6-4-2/h8H,3-7H2,1-2H3,(H,11,12,13). The van der Waals surface area contributed by atoms with Gasteiger partial charge in [0.05, 0.1) is 5.25 Å². The predicted molar refractivity (Wildman–Crippen MR) is 61.6 cm³/mol. The molecule has 1 heterocycles. The van der Waals surface area contributed by atoms with Gasteiger partial charge in [0.1, 0.15) is 0 Å². The number of amides is 1. The fourth-order valence-electron chi connectivity index (χ4n) is 1.27. The molecule has 0 radical (unpaired) electrons. The summed E-state index contributed by atoms with van der Waals surface area (Å²) in [4.78, 5) is 15.7. The number of hydrogen-bond acceptors (Lipinski definition) is 3. The molecule has 0 aliphatic carbocycles. The third kappa shape index (κ3) is 3.33. The molecule has 0 aromatic carbocycles. The molecule has 4 heteroatoms. The molecule has 0 saturated carbocycles. The van der Waals surface area contributed by atoms with E-state index >= 15 is 0 Å². The van der Waals surface area contributed by atoms with Gasteiger partial charge in [0.2, 0.25) is 5.91 Å². The molecule has 3 nitrogen and oxygen atoms in total. The van der Waals surface area contributed by atoms with Gasteiger partial charge in [-0.15, -0.1) is 0 Å². The lowest BCUT2D eigenvalue weighted by Gasteiger charge is -1.99. The molecule has 1 aliphatic rings. The number of unbranched alkanes of at least 4 members (excludes halogenated alkanes) is 1. The molecule has 0 spiro atoms. The molecule has 1 fully saturated rings. The molecule has 0 aromatic heterocycles. The number of hydrogen-bond donors (Lipinski definition) is 1. The quantitative estimate of drug-likeness (QED) is 0.713. The Hall–Kier alpha value is -0.510. The van der Waals surface area contributed by atoms with Gasteiger partial charge < -0.3 is 5.32 Å². The van der Waals surface area contributed by atoms with Gasteiger partial charge in [-0.3, -0.25) is 9.79 Å². The highest BCUT2D eigenvalue weighted by Gasteiger charge is 2.28. The Morgan fingerprint density at radius 1 is 1.43 bits per heavy atom. The summed E-state index contributed by atoms with van der Waals surface area (Å²) in [6, 6.07) is 0. The highest BCUT2D eigenvalue weighted by atomic mass is 32.2. The summed E-state index contributed by atoms with van der Waals surface area (Å²) >= 11 is 1.58. The highest BCUT2D eigenvalue weighted by molar-refractivity contribution is 8.15. The fraction of sp³-hybridized carbons (Fsp3) is 0.800. The minimum Gasteiger partial charge on any atom is -0.304 e. The van der Waals surface area contributed by atoms with Gasteiger partial charge in [-0.1, -0.05) is 38.5 Å². The Bertz CT molecular complexity index is 228. The van der Waals surface area contributed by atoms with Gasteiger partial charge in [-0.05, 0) is 12.8 Å². The van der Waals surface area contributed by atoms with Crippen LogP contribution in [0.1, 0.15) is 39.5 Å². The predicted octanol–water partition coefficient (Wildman–Crippen LogP) is 2.17. The number of carbonyl (C=O) groups is 1. The van der Waals surface area contributed by atoms with Crippen LogP contribution in [-0.4, -0.2) is 22.9 Å². The van der Waals surface area contributed by atoms with Gasteiger partial charge in [0, 0.05) is 6.54 Å². The Labute approximate surface area is 89.7 Å². The lowest BCUT2D eigenvalue weighted by Crippen LogP contribution is -2.24. The first-order valence-corrected chi connectivity index (χ1v) is 6.17. The summed E-state index contributed by atoms with van der Waals surface area (Å²) in [6.45, 7) is 5.07. The van der Waals surface area contributed by atoms with E-state index in [-0.39, 0.29) is 11.2 Å². The molecule has 1 rings (SSSR count). The number of amidine groups is 1. The van der Waals surface area contributed by atoms with E-state index in [2.05, 4.69) is 24.2 Å². The SMILES string of the molecule is CCCCN=C1NC(=O)C(CCC)S1. The van der Waals surface area contributed by atoms with Crippen molar-refractivity contribution >= 4 is 22.8 Å². The number of aliphatic imine (C=N–C) groups is 1. The Morgan fingerprint density at radius 3 is 2.86 bits per heavy atom. The Morgan fingerprint density at radius 2 is 2.21 bits per heavy atom. The van der Waals surface area contributed by atoms with Gasteiger partial charge in [0.15, 0.2) is 5.17 Å². The summed E-state index contributed by atoms with van der Waals surface area (Å²) in [5.41, 5.74) is 0. The van der Waals surface area contributed by atoms with Crippen LogP contribution in [0.4, 0.5) is 0 Å². The van der Waals surface area contributed by atoms with Gasteiger partial charge in [-0.2, -0.15) is 0 Å². The van der Waals surface area contributed by atoms with Crippen LogP contribution in [0.25, 0.3) is 0 Å². The molecular formula is C10H18N2OS. The molecule has 14 heavy (non-hydrogen) atoms. The van der Waals surface area contributed by atoms with E-state index in [9.17, 15) is 4.79 Å². The zero-order valence-electron chi connectivity index (χ0n) is 8.88. The first-order chi connectivity index (χ1) is 6.77. The summed E-state index contributed by atoms with van der Waals surface area (Å²) in [6.07, 6.45) is 4.24. The van der Waals surface area contributed by atoms with Crippen molar-refractivity contribution in [1.29, 1.82) is 0 Å². The second-order valence-electron chi connectivity index (χ2n) is 3.42. The van der Waals surface area contributed by atoms with Gasteiger partial charge >= 0.3 is 0 Å². The molecule has 1 aliphatic heterocycles. The molecule has 1 N–H and O–H groups in total. The van der Waals surface area contributed by atoms with E-state index in [1.165, 1.54) is 0 Å². The Kier molecular flexibility index (Phi) is 5.01. The van der Waals surface area contributed by atoms with Crippen LogP contribution in [0.15, 0.2) is 4.99 Å². The average molecular weight is 214 g/mol. The maximum atomic E-state index is 11.4. The number of carbonyl (C=O) groups excluding carboxylic acids is 1. The fourth-order valence-corrected chi connectivity index (χ4v) is 2.39. The highest BCUT2D eigenvalue weighted by Crippen LogP contribution is 2.23. The minimum atomic E-state index is 0.0976. The average Bonchev–Trinajstić information content (AvgIpc) is 2.49. The largest absolute Gasteiger partial charge is 0.304 e. The lowest BCUT2D eigenvalue weighted by molar-refractivity contribution is -0.118. The van der Waals surface area contributed by atoms with Crippen LogP contribution >= 0.6 is 11.8 Å². The zero-order chi connectivity index (χ0) is 10.4. The van der Waals surface area contributed by atoms with Crippen LogP contribution in [0.5, 0.6) is 0 Å². The first-order valence-electron chi connectivity index (χ1n) is 5.29. The second kappa shape index (κ2) is 6.06. The minimum absolute atomic E-state index is 0.0976. The topological polar surface area (TPSA) is 41.5 Å². The monoisotopic (exact) mass is 214 g/mol. The van der Waals surface area contributed by atoms with Gasteiger partial charge in [-0.25, -0.2) is 0 Å². The number of nitrogens with one attached hydrogen (secondary N) is 1. The van der Waals surface area contributed by atoms with Crippen molar-refractivity contribution in [3.63, 3.8) is 0 Å². The van der Waals surface area contributed by atoms with E-state index in [1.54, 1.807) is 11.8 Å². The zero-order valence-corrected chi connectivity index (χ0v) is 9.69. The van der Waals surface area contributed by atoms with E-state index in [1.807, 2.05) is 0 Å². The number of thioether (sulfide) groups is 1. The van der Waals surface area contributed by atoms with E-state index < -0.39 is 0 Å². The van der Waals surface area contributed by atoms with Crippen LogP contribution < -0.4 is 5.32 Å². The van der Waals surface area contributed by atoms with E-state index in [0.717, 1.165) is 37.4 Å². The van der Waals surface area contributed by atoms with E-state index in [4.69, 9.17) is 0 Å². The van der Waals surface area contributed by atoms with E-state index in [0.29, 0.717) is 0 Å². The summed E-state index contributed by atoms with van der Waals surface area (Å²) in [7, 11) is 0. The third-order valence-corrected chi connectivity index (χ3v) is 3.28. The molecule has 0 aromatic rings. The molecule has 1 amide bonds. The Balaban J connectivity index is 2.37. The van der Waals surface area contributed by atoms with Gasteiger partial charge in [0.25, 0.3) is 0 Å². The van der Waals surface area contributed by atoms with Crippen molar-refractivity contribution in [2.45, 2.75) is 44.8 Å².